The van der Waals surface area contributed by atoms with E-state index in [2.05, 4.69) is 0 Å². The first kappa shape index (κ1) is 12.3. The first-order valence-electron chi connectivity index (χ1n) is 4.13. The van der Waals surface area contributed by atoms with Gasteiger partial charge < -0.3 is 10.3 Å². The summed E-state index contributed by atoms with van der Waals surface area (Å²) >= 11 is 0. The smallest absolute Gasteiger partial charge is 0.246 e. The van der Waals surface area contributed by atoms with Gasteiger partial charge in [-0.05, 0) is 19.3 Å². The summed E-state index contributed by atoms with van der Waals surface area (Å²) in [6.45, 7) is 1.67. The summed E-state index contributed by atoms with van der Waals surface area (Å²) in [6.07, 6.45) is 0.540. The van der Waals surface area contributed by atoms with E-state index in [0.29, 0.717) is 19.3 Å². The molecule has 0 rings (SSSR count). The molecular formula is C7H16N2O4. The summed E-state index contributed by atoms with van der Waals surface area (Å²) < 4.78 is 0. The van der Waals surface area contributed by atoms with E-state index in [1.165, 1.54) is 0 Å². The predicted octanol–water partition coefficient (Wildman–Crippen LogP) is -0.405. The van der Waals surface area contributed by atoms with Gasteiger partial charge in [-0.1, -0.05) is 6.92 Å². The SMILES string of the molecule is CC(CCCC(O)NO)C(=O)NO. The van der Waals surface area contributed by atoms with Gasteiger partial charge in [0.25, 0.3) is 0 Å². The van der Waals surface area contributed by atoms with Gasteiger partial charge in [0.15, 0.2) is 0 Å². The van der Waals surface area contributed by atoms with E-state index >= 15 is 0 Å². The van der Waals surface area contributed by atoms with Crippen molar-refractivity contribution >= 4 is 5.91 Å². The average Bonchev–Trinajstić information content (AvgIpc) is 2.15. The number of hydrogen-bond donors (Lipinski definition) is 5. The van der Waals surface area contributed by atoms with Crippen molar-refractivity contribution in [2.75, 3.05) is 0 Å². The van der Waals surface area contributed by atoms with Crippen molar-refractivity contribution in [3.05, 3.63) is 0 Å². The molecule has 0 aliphatic rings. The summed E-state index contributed by atoms with van der Waals surface area (Å²) in [5, 5.41) is 25.4. The molecule has 6 heteroatoms. The molecule has 0 fully saturated rings. The van der Waals surface area contributed by atoms with Gasteiger partial charge in [0.2, 0.25) is 5.91 Å². The van der Waals surface area contributed by atoms with E-state index in [-0.39, 0.29) is 5.92 Å². The van der Waals surface area contributed by atoms with Crippen LogP contribution in [0.5, 0.6) is 0 Å². The molecule has 0 aromatic rings. The number of rotatable bonds is 6. The van der Waals surface area contributed by atoms with Crippen LogP contribution in [0.1, 0.15) is 26.2 Å². The molecule has 5 N–H and O–H groups in total. The standard InChI is InChI=1S/C7H16N2O4/c1-5(7(11)9-13)3-2-4-6(10)8-12/h5-6,8,10,12-13H,2-4H2,1H3,(H,9,11). The van der Waals surface area contributed by atoms with E-state index in [0.717, 1.165) is 0 Å². The molecule has 0 heterocycles. The van der Waals surface area contributed by atoms with Crippen molar-refractivity contribution in [3.8, 4) is 0 Å². The summed E-state index contributed by atoms with van der Waals surface area (Å²) in [5.74, 6) is -0.734. The lowest BCUT2D eigenvalue weighted by Crippen LogP contribution is -2.27. The van der Waals surface area contributed by atoms with Crippen molar-refractivity contribution in [1.29, 1.82) is 0 Å². The van der Waals surface area contributed by atoms with Crippen molar-refractivity contribution in [2.45, 2.75) is 32.4 Å². The van der Waals surface area contributed by atoms with Crippen LogP contribution >= 0.6 is 0 Å². The third-order valence-corrected chi connectivity index (χ3v) is 1.82. The van der Waals surface area contributed by atoms with Crippen molar-refractivity contribution in [1.82, 2.24) is 11.0 Å². The maximum atomic E-state index is 10.8. The first-order valence-corrected chi connectivity index (χ1v) is 4.13. The second-order valence-electron chi connectivity index (χ2n) is 2.95. The monoisotopic (exact) mass is 192 g/mol. The normalized spacial score (nSPS) is 15.1. The third kappa shape index (κ3) is 5.53. The Morgan fingerprint density at radius 2 is 2.00 bits per heavy atom. The fraction of sp³-hybridized carbons (Fsp3) is 0.857. The number of nitrogens with one attached hydrogen (secondary N) is 2. The zero-order chi connectivity index (χ0) is 10.3. The average molecular weight is 192 g/mol. The van der Waals surface area contributed by atoms with Gasteiger partial charge >= 0.3 is 0 Å². The van der Waals surface area contributed by atoms with Gasteiger partial charge in [0, 0.05) is 5.92 Å². The summed E-state index contributed by atoms with van der Waals surface area (Å²) in [5.41, 5.74) is 3.24. The van der Waals surface area contributed by atoms with Crippen LogP contribution in [-0.4, -0.2) is 27.7 Å². The van der Waals surface area contributed by atoms with E-state index in [1.54, 1.807) is 17.9 Å². The van der Waals surface area contributed by atoms with E-state index in [4.69, 9.17) is 15.5 Å². The number of amides is 1. The van der Waals surface area contributed by atoms with E-state index in [1.807, 2.05) is 0 Å². The Labute approximate surface area is 76.5 Å². The molecule has 0 aromatic heterocycles. The Balaban J connectivity index is 3.47. The minimum Gasteiger partial charge on any atom is -0.377 e. The van der Waals surface area contributed by atoms with Crippen LogP contribution in [0, 0.1) is 5.92 Å². The molecule has 2 atom stereocenters. The second kappa shape index (κ2) is 6.79. The van der Waals surface area contributed by atoms with Crippen molar-refractivity contribution in [3.63, 3.8) is 0 Å². The van der Waals surface area contributed by atoms with Crippen LogP contribution in [0.3, 0.4) is 0 Å². The van der Waals surface area contributed by atoms with Gasteiger partial charge in [-0.2, -0.15) is 5.48 Å². The minimum atomic E-state index is -0.954. The quantitative estimate of drug-likeness (QED) is 0.224. The lowest BCUT2D eigenvalue weighted by atomic mass is 10.0. The maximum Gasteiger partial charge on any atom is 0.246 e. The molecule has 0 spiro atoms. The number of aliphatic hydroxyl groups is 1. The molecule has 1 amide bonds. The van der Waals surface area contributed by atoms with Crippen LogP contribution in [0.15, 0.2) is 0 Å². The zero-order valence-electron chi connectivity index (χ0n) is 7.53. The topological polar surface area (TPSA) is 102 Å². The molecule has 0 bridgehead atoms. The van der Waals surface area contributed by atoms with Gasteiger partial charge in [0.05, 0.1) is 0 Å². The Morgan fingerprint density at radius 1 is 1.38 bits per heavy atom. The van der Waals surface area contributed by atoms with Gasteiger partial charge in [-0.25, -0.2) is 5.48 Å². The molecule has 0 aliphatic carbocycles. The Hall–Kier alpha value is -0.690. The van der Waals surface area contributed by atoms with E-state index < -0.39 is 12.1 Å². The van der Waals surface area contributed by atoms with Crippen LogP contribution in [0.4, 0.5) is 0 Å². The van der Waals surface area contributed by atoms with Crippen molar-refractivity contribution in [2.24, 2.45) is 5.92 Å². The number of carbonyl (C=O) groups is 1. The van der Waals surface area contributed by atoms with Crippen LogP contribution in [-0.2, 0) is 4.79 Å². The molecule has 0 aliphatic heterocycles. The summed E-state index contributed by atoms with van der Waals surface area (Å²) in [4.78, 5) is 10.8. The number of hydrogen-bond acceptors (Lipinski definition) is 5. The highest BCUT2D eigenvalue weighted by Crippen LogP contribution is 2.08. The molecule has 13 heavy (non-hydrogen) atoms. The number of hydroxylamine groups is 2. The highest BCUT2D eigenvalue weighted by Gasteiger charge is 2.11. The predicted molar refractivity (Wildman–Crippen MR) is 43.9 cm³/mol. The Morgan fingerprint density at radius 3 is 2.46 bits per heavy atom. The molecular weight excluding hydrogens is 176 g/mol. The van der Waals surface area contributed by atoms with Gasteiger partial charge in [-0.3, -0.25) is 10.0 Å². The van der Waals surface area contributed by atoms with Crippen LogP contribution < -0.4 is 11.0 Å². The van der Waals surface area contributed by atoms with Crippen LogP contribution in [0.2, 0.25) is 0 Å². The Bertz CT molecular complexity index is 153. The van der Waals surface area contributed by atoms with Crippen molar-refractivity contribution < 1.29 is 20.3 Å². The van der Waals surface area contributed by atoms with Gasteiger partial charge in [0.1, 0.15) is 6.23 Å². The largest absolute Gasteiger partial charge is 0.377 e. The minimum absolute atomic E-state index is 0.295. The molecule has 2 unspecified atom stereocenters. The molecule has 6 nitrogen and oxygen atoms in total. The van der Waals surface area contributed by atoms with E-state index in [9.17, 15) is 4.79 Å². The lowest BCUT2D eigenvalue weighted by Gasteiger charge is -2.10. The molecule has 0 radical (unpaired) electrons. The lowest BCUT2D eigenvalue weighted by molar-refractivity contribution is -0.133. The summed E-state index contributed by atoms with van der Waals surface area (Å²) in [7, 11) is 0. The fourth-order valence-corrected chi connectivity index (χ4v) is 0.923. The van der Waals surface area contributed by atoms with Crippen LogP contribution in [0.25, 0.3) is 0 Å². The first-order chi connectivity index (χ1) is 6.11. The number of aliphatic hydroxyl groups excluding tert-OH is 1. The number of carbonyl (C=O) groups excluding carboxylic acids is 1. The third-order valence-electron chi connectivity index (χ3n) is 1.82. The molecule has 0 saturated carbocycles. The highest BCUT2D eigenvalue weighted by molar-refractivity contribution is 5.76. The fourth-order valence-electron chi connectivity index (χ4n) is 0.923. The summed E-state index contributed by atoms with van der Waals surface area (Å²) in [6, 6.07) is 0. The highest BCUT2D eigenvalue weighted by atomic mass is 16.5. The molecule has 0 saturated heterocycles. The second-order valence-corrected chi connectivity index (χ2v) is 2.95. The molecule has 0 aromatic carbocycles. The Kier molecular flexibility index (Phi) is 6.43. The maximum absolute atomic E-state index is 10.8. The molecule has 78 valence electrons. The zero-order valence-corrected chi connectivity index (χ0v) is 7.53. The van der Waals surface area contributed by atoms with Gasteiger partial charge in [-0.15, -0.1) is 0 Å².